The van der Waals surface area contributed by atoms with Gasteiger partial charge in [-0.1, -0.05) is 18.6 Å². The van der Waals surface area contributed by atoms with Gasteiger partial charge in [0, 0.05) is 25.7 Å². The summed E-state index contributed by atoms with van der Waals surface area (Å²) in [6.07, 6.45) is 11.4. The van der Waals surface area contributed by atoms with Crippen LogP contribution in [0, 0.1) is 12.8 Å². The first-order chi connectivity index (χ1) is 11.2. The molecule has 0 bridgehead atoms. The highest BCUT2D eigenvalue weighted by molar-refractivity contribution is 5.49. The van der Waals surface area contributed by atoms with Gasteiger partial charge in [-0.05, 0) is 57.8 Å². The van der Waals surface area contributed by atoms with Crippen LogP contribution in [0.2, 0.25) is 0 Å². The summed E-state index contributed by atoms with van der Waals surface area (Å²) in [5.74, 6) is 3.77. The Morgan fingerprint density at radius 3 is 2.78 bits per heavy atom. The molecule has 4 heteroatoms. The van der Waals surface area contributed by atoms with Crippen LogP contribution in [0.1, 0.15) is 57.7 Å². The Balaban J connectivity index is 1.57. The van der Waals surface area contributed by atoms with Crippen LogP contribution in [0.4, 0.5) is 11.6 Å². The normalized spacial score (nSPS) is 19.6. The Morgan fingerprint density at radius 1 is 1.22 bits per heavy atom. The molecule has 1 N–H and O–H groups in total. The molecule has 0 atom stereocenters. The smallest absolute Gasteiger partial charge is 0.134 e. The Morgan fingerprint density at radius 2 is 2.04 bits per heavy atom. The third-order valence-electron chi connectivity index (χ3n) is 5.07. The van der Waals surface area contributed by atoms with E-state index in [0.717, 1.165) is 49.4 Å². The molecule has 1 aromatic heterocycles. The molecule has 4 nitrogen and oxygen atoms in total. The van der Waals surface area contributed by atoms with Crippen molar-refractivity contribution < 1.29 is 0 Å². The van der Waals surface area contributed by atoms with Crippen molar-refractivity contribution in [2.45, 2.75) is 58.8 Å². The lowest BCUT2D eigenvalue weighted by molar-refractivity contribution is 0.436. The number of allylic oxidation sites excluding steroid dienone is 1. The lowest BCUT2D eigenvalue weighted by Gasteiger charge is -2.31. The average molecular weight is 314 g/mol. The molecular weight excluding hydrogens is 284 g/mol. The van der Waals surface area contributed by atoms with Crippen molar-refractivity contribution in [1.82, 2.24) is 9.97 Å². The van der Waals surface area contributed by atoms with E-state index in [1.54, 1.807) is 5.57 Å². The molecule has 23 heavy (non-hydrogen) atoms. The van der Waals surface area contributed by atoms with Crippen LogP contribution in [-0.2, 0) is 0 Å². The van der Waals surface area contributed by atoms with E-state index in [1.807, 2.05) is 6.92 Å². The first-order valence-electron chi connectivity index (χ1n) is 9.23. The van der Waals surface area contributed by atoms with E-state index in [2.05, 4.69) is 39.3 Å². The second-order valence-corrected chi connectivity index (χ2v) is 7.11. The van der Waals surface area contributed by atoms with Gasteiger partial charge in [-0.2, -0.15) is 0 Å². The minimum Gasteiger partial charge on any atom is -0.370 e. The second kappa shape index (κ2) is 7.80. The number of piperidine rings is 1. The standard InChI is InChI=1S/C19H30N4/c1-15-9-12-23(13-10-15)19-14-18(21-16(2)22-19)20-11-8-17-6-4-3-5-7-17/h6,14-15H,3-5,7-13H2,1-2H3,(H,20,21,22). The quantitative estimate of drug-likeness (QED) is 0.822. The van der Waals surface area contributed by atoms with Crippen molar-refractivity contribution >= 4 is 11.6 Å². The first kappa shape index (κ1) is 16.3. The largest absolute Gasteiger partial charge is 0.370 e. The lowest BCUT2D eigenvalue weighted by Crippen LogP contribution is -2.33. The van der Waals surface area contributed by atoms with Gasteiger partial charge in [0.2, 0.25) is 0 Å². The Hall–Kier alpha value is -1.58. The van der Waals surface area contributed by atoms with Gasteiger partial charge in [0.05, 0.1) is 0 Å². The highest BCUT2D eigenvalue weighted by Crippen LogP contribution is 2.24. The van der Waals surface area contributed by atoms with Crippen LogP contribution in [-0.4, -0.2) is 29.6 Å². The maximum Gasteiger partial charge on any atom is 0.134 e. The molecule has 0 unspecified atom stereocenters. The van der Waals surface area contributed by atoms with Gasteiger partial charge in [0.15, 0.2) is 0 Å². The maximum absolute atomic E-state index is 4.64. The van der Waals surface area contributed by atoms with Crippen LogP contribution in [0.3, 0.4) is 0 Å². The molecule has 0 spiro atoms. The molecule has 3 rings (SSSR count). The van der Waals surface area contributed by atoms with E-state index in [-0.39, 0.29) is 0 Å². The molecule has 0 saturated carbocycles. The van der Waals surface area contributed by atoms with Crippen LogP contribution in [0.15, 0.2) is 17.7 Å². The number of aryl methyl sites for hydroxylation is 1. The fraction of sp³-hybridized carbons (Fsp3) is 0.684. The van der Waals surface area contributed by atoms with E-state index < -0.39 is 0 Å². The molecular formula is C19H30N4. The number of nitrogens with one attached hydrogen (secondary N) is 1. The fourth-order valence-electron chi connectivity index (χ4n) is 3.53. The van der Waals surface area contributed by atoms with Gasteiger partial charge in [-0.15, -0.1) is 0 Å². The molecule has 1 aromatic rings. The van der Waals surface area contributed by atoms with Crippen molar-refractivity contribution in [3.8, 4) is 0 Å². The molecule has 1 saturated heterocycles. The zero-order chi connectivity index (χ0) is 16.1. The zero-order valence-corrected chi connectivity index (χ0v) is 14.6. The van der Waals surface area contributed by atoms with E-state index in [9.17, 15) is 0 Å². The summed E-state index contributed by atoms with van der Waals surface area (Å²) < 4.78 is 0. The van der Waals surface area contributed by atoms with E-state index in [0.29, 0.717) is 0 Å². The van der Waals surface area contributed by atoms with E-state index in [1.165, 1.54) is 38.5 Å². The van der Waals surface area contributed by atoms with Crippen LogP contribution >= 0.6 is 0 Å². The lowest BCUT2D eigenvalue weighted by atomic mass is 9.97. The van der Waals surface area contributed by atoms with Crippen LogP contribution < -0.4 is 10.2 Å². The molecule has 126 valence electrons. The van der Waals surface area contributed by atoms with Crippen molar-refractivity contribution in [1.29, 1.82) is 0 Å². The highest BCUT2D eigenvalue weighted by atomic mass is 15.2. The van der Waals surface area contributed by atoms with Crippen LogP contribution in [0.25, 0.3) is 0 Å². The molecule has 1 aliphatic heterocycles. The Kier molecular flexibility index (Phi) is 5.52. The average Bonchev–Trinajstić information content (AvgIpc) is 2.56. The van der Waals surface area contributed by atoms with Crippen molar-refractivity contribution in [2.24, 2.45) is 5.92 Å². The Labute approximate surface area is 140 Å². The van der Waals surface area contributed by atoms with Crippen LogP contribution in [0.5, 0.6) is 0 Å². The minimum atomic E-state index is 0.843. The third-order valence-corrected chi connectivity index (χ3v) is 5.07. The van der Waals surface area contributed by atoms with Gasteiger partial charge in [0.25, 0.3) is 0 Å². The monoisotopic (exact) mass is 314 g/mol. The third kappa shape index (κ3) is 4.69. The SMILES string of the molecule is Cc1nc(NCCC2=CCCCC2)cc(N2CCC(C)CC2)n1. The number of rotatable bonds is 5. The summed E-state index contributed by atoms with van der Waals surface area (Å²) in [7, 11) is 0. The van der Waals surface area contributed by atoms with Crippen molar-refractivity contribution in [2.75, 3.05) is 29.9 Å². The second-order valence-electron chi connectivity index (χ2n) is 7.11. The summed E-state index contributed by atoms with van der Waals surface area (Å²) in [6, 6.07) is 2.12. The molecule has 0 amide bonds. The maximum atomic E-state index is 4.64. The van der Waals surface area contributed by atoms with Crippen molar-refractivity contribution in [3.63, 3.8) is 0 Å². The fourth-order valence-corrected chi connectivity index (χ4v) is 3.53. The topological polar surface area (TPSA) is 41.1 Å². The molecule has 1 aliphatic carbocycles. The van der Waals surface area contributed by atoms with E-state index >= 15 is 0 Å². The van der Waals surface area contributed by atoms with Gasteiger partial charge in [-0.25, -0.2) is 9.97 Å². The van der Waals surface area contributed by atoms with Gasteiger partial charge < -0.3 is 10.2 Å². The number of hydrogen-bond acceptors (Lipinski definition) is 4. The number of aromatic nitrogens is 2. The number of anilines is 2. The predicted octanol–water partition coefficient (Wildman–Crippen LogP) is 4.32. The molecule has 2 aliphatic rings. The van der Waals surface area contributed by atoms with Gasteiger partial charge >= 0.3 is 0 Å². The first-order valence-corrected chi connectivity index (χ1v) is 9.23. The highest BCUT2D eigenvalue weighted by Gasteiger charge is 2.18. The number of nitrogens with zero attached hydrogens (tertiary/aromatic N) is 3. The summed E-state index contributed by atoms with van der Waals surface area (Å²) in [6.45, 7) is 7.53. The predicted molar refractivity (Wildman–Crippen MR) is 97.0 cm³/mol. The Bertz CT molecular complexity index is 544. The summed E-state index contributed by atoms with van der Waals surface area (Å²) in [5.41, 5.74) is 1.61. The number of hydrogen-bond donors (Lipinski definition) is 1. The molecule has 1 fully saturated rings. The zero-order valence-electron chi connectivity index (χ0n) is 14.6. The molecule has 2 heterocycles. The summed E-state index contributed by atoms with van der Waals surface area (Å²) in [5, 5.41) is 3.50. The van der Waals surface area contributed by atoms with E-state index in [4.69, 9.17) is 0 Å². The van der Waals surface area contributed by atoms with Crippen molar-refractivity contribution in [3.05, 3.63) is 23.5 Å². The molecule has 0 radical (unpaired) electrons. The van der Waals surface area contributed by atoms with Gasteiger partial charge in [0.1, 0.15) is 17.5 Å². The molecule has 0 aromatic carbocycles. The summed E-state index contributed by atoms with van der Waals surface area (Å²) in [4.78, 5) is 11.6. The minimum absolute atomic E-state index is 0.843. The summed E-state index contributed by atoms with van der Waals surface area (Å²) >= 11 is 0. The van der Waals surface area contributed by atoms with Gasteiger partial charge in [-0.3, -0.25) is 0 Å².